The highest BCUT2D eigenvalue weighted by molar-refractivity contribution is 4.95. The molecular weight excluding hydrogens is 246 g/mol. The molecule has 2 atom stereocenters. The molecule has 2 unspecified atom stereocenters. The van der Waals surface area contributed by atoms with Crippen LogP contribution >= 0.6 is 0 Å². The van der Waals surface area contributed by atoms with Crippen LogP contribution < -0.4 is 5.73 Å². The van der Waals surface area contributed by atoms with Gasteiger partial charge in [0.2, 0.25) is 0 Å². The van der Waals surface area contributed by atoms with Crippen molar-refractivity contribution in [3.05, 3.63) is 0 Å². The third kappa shape index (κ3) is 4.71. The zero-order chi connectivity index (χ0) is 15.2. The Balaban J connectivity index is 2.70. The summed E-state index contributed by atoms with van der Waals surface area (Å²) in [5, 5.41) is 0. The molecular formula is C17H37N3. The molecule has 0 bridgehead atoms. The minimum atomic E-state index is 0.219. The first-order valence-electron chi connectivity index (χ1n) is 8.60. The van der Waals surface area contributed by atoms with Gasteiger partial charge in [0.05, 0.1) is 0 Å². The summed E-state index contributed by atoms with van der Waals surface area (Å²) >= 11 is 0. The van der Waals surface area contributed by atoms with Gasteiger partial charge in [-0.15, -0.1) is 0 Å². The van der Waals surface area contributed by atoms with E-state index in [0.717, 1.165) is 12.5 Å². The van der Waals surface area contributed by atoms with Gasteiger partial charge < -0.3 is 10.6 Å². The molecule has 0 aromatic rings. The van der Waals surface area contributed by atoms with Gasteiger partial charge in [-0.25, -0.2) is 0 Å². The minimum Gasteiger partial charge on any atom is -0.329 e. The van der Waals surface area contributed by atoms with Crippen LogP contribution in [0.2, 0.25) is 0 Å². The summed E-state index contributed by atoms with van der Waals surface area (Å²) in [7, 11) is 2.30. The molecule has 3 nitrogen and oxygen atoms in total. The second-order valence-corrected chi connectivity index (χ2v) is 7.21. The summed E-state index contributed by atoms with van der Waals surface area (Å²) in [6, 6.07) is 0.622. The van der Waals surface area contributed by atoms with Crippen molar-refractivity contribution in [3.63, 3.8) is 0 Å². The van der Waals surface area contributed by atoms with E-state index in [1.165, 1.54) is 51.7 Å². The number of hydrogen-bond donors (Lipinski definition) is 1. The van der Waals surface area contributed by atoms with Crippen LogP contribution in [0.15, 0.2) is 0 Å². The lowest BCUT2D eigenvalue weighted by Crippen LogP contribution is -2.56. The molecule has 1 heterocycles. The van der Waals surface area contributed by atoms with Crippen LogP contribution in [0, 0.1) is 5.92 Å². The molecule has 0 saturated carbocycles. The molecule has 20 heavy (non-hydrogen) atoms. The Hall–Kier alpha value is -0.120. The van der Waals surface area contributed by atoms with Gasteiger partial charge in [-0.3, -0.25) is 4.90 Å². The lowest BCUT2D eigenvalue weighted by Gasteiger charge is -2.44. The SMILES string of the molecule is CCCN1CCCC(CN)(N(C)C(C)CC(C)C)CC1. The van der Waals surface area contributed by atoms with Crippen LogP contribution in [0.3, 0.4) is 0 Å². The number of nitrogens with zero attached hydrogens (tertiary/aromatic N) is 2. The van der Waals surface area contributed by atoms with Gasteiger partial charge in [-0.05, 0) is 71.6 Å². The van der Waals surface area contributed by atoms with Crippen molar-refractivity contribution in [2.75, 3.05) is 33.2 Å². The zero-order valence-electron chi connectivity index (χ0n) is 14.5. The number of hydrogen-bond acceptors (Lipinski definition) is 3. The maximum absolute atomic E-state index is 6.24. The van der Waals surface area contributed by atoms with Crippen molar-refractivity contribution in [1.82, 2.24) is 9.80 Å². The number of nitrogens with two attached hydrogens (primary N) is 1. The molecule has 1 saturated heterocycles. The summed E-state index contributed by atoms with van der Waals surface area (Å²) in [4.78, 5) is 5.22. The maximum Gasteiger partial charge on any atom is 0.0344 e. The monoisotopic (exact) mass is 283 g/mol. The molecule has 0 amide bonds. The summed E-state index contributed by atoms with van der Waals surface area (Å²) < 4.78 is 0. The van der Waals surface area contributed by atoms with Crippen molar-refractivity contribution < 1.29 is 0 Å². The second-order valence-electron chi connectivity index (χ2n) is 7.21. The topological polar surface area (TPSA) is 32.5 Å². The smallest absolute Gasteiger partial charge is 0.0344 e. The number of likely N-dealkylation sites (N-methyl/N-ethyl adjacent to an activating group) is 1. The highest BCUT2D eigenvalue weighted by atomic mass is 15.2. The van der Waals surface area contributed by atoms with Gasteiger partial charge in [-0.1, -0.05) is 20.8 Å². The summed E-state index contributed by atoms with van der Waals surface area (Å²) in [5.41, 5.74) is 6.46. The largest absolute Gasteiger partial charge is 0.329 e. The van der Waals surface area contributed by atoms with Crippen molar-refractivity contribution in [2.45, 2.75) is 71.4 Å². The minimum absolute atomic E-state index is 0.219. The van der Waals surface area contributed by atoms with Crippen molar-refractivity contribution in [1.29, 1.82) is 0 Å². The van der Waals surface area contributed by atoms with Crippen LogP contribution in [0.4, 0.5) is 0 Å². The third-order valence-corrected chi connectivity index (χ3v) is 5.15. The van der Waals surface area contributed by atoms with Gasteiger partial charge in [0.25, 0.3) is 0 Å². The molecule has 0 radical (unpaired) electrons. The fraction of sp³-hybridized carbons (Fsp3) is 1.00. The Morgan fingerprint density at radius 1 is 1.20 bits per heavy atom. The van der Waals surface area contributed by atoms with E-state index in [-0.39, 0.29) is 5.54 Å². The van der Waals surface area contributed by atoms with E-state index in [0.29, 0.717) is 6.04 Å². The van der Waals surface area contributed by atoms with E-state index in [2.05, 4.69) is 44.5 Å². The van der Waals surface area contributed by atoms with E-state index in [9.17, 15) is 0 Å². The van der Waals surface area contributed by atoms with Crippen LogP contribution in [0.5, 0.6) is 0 Å². The lowest BCUT2D eigenvalue weighted by molar-refractivity contribution is 0.0606. The predicted molar refractivity (Wildman–Crippen MR) is 89.0 cm³/mol. The molecule has 1 rings (SSSR count). The first-order chi connectivity index (χ1) is 9.45. The molecule has 0 aromatic heterocycles. The molecule has 1 aliphatic rings. The summed E-state index contributed by atoms with van der Waals surface area (Å²) in [6.45, 7) is 13.8. The first-order valence-corrected chi connectivity index (χ1v) is 8.60. The average Bonchev–Trinajstić information content (AvgIpc) is 2.61. The van der Waals surface area contributed by atoms with Crippen molar-refractivity contribution in [3.8, 4) is 0 Å². The Morgan fingerprint density at radius 2 is 1.90 bits per heavy atom. The quantitative estimate of drug-likeness (QED) is 0.780. The number of likely N-dealkylation sites (tertiary alicyclic amines) is 1. The van der Waals surface area contributed by atoms with Crippen LogP contribution in [0.1, 0.15) is 59.8 Å². The molecule has 3 heteroatoms. The Bertz CT molecular complexity index is 267. The maximum atomic E-state index is 6.24. The van der Waals surface area contributed by atoms with Crippen LogP contribution in [0.25, 0.3) is 0 Å². The Labute approximate surface area is 126 Å². The lowest BCUT2D eigenvalue weighted by atomic mass is 9.86. The van der Waals surface area contributed by atoms with Gasteiger partial charge in [0, 0.05) is 18.1 Å². The molecule has 2 N–H and O–H groups in total. The highest BCUT2D eigenvalue weighted by Crippen LogP contribution is 2.30. The molecule has 120 valence electrons. The Kier molecular flexibility index (Phi) is 7.49. The standard InChI is InChI=1S/C17H37N3/c1-6-10-20-11-7-8-17(14-18,9-12-20)19(5)16(4)13-15(2)3/h15-16H,6-14,18H2,1-5H3. The van der Waals surface area contributed by atoms with E-state index < -0.39 is 0 Å². The normalized spacial score (nSPS) is 27.0. The van der Waals surface area contributed by atoms with Crippen LogP contribution in [-0.2, 0) is 0 Å². The van der Waals surface area contributed by atoms with E-state index >= 15 is 0 Å². The average molecular weight is 284 g/mol. The molecule has 0 spiro atoms. The zero-order valence-corrected chi connectivity index (χ0v) is 14.5. The van der Waals surface area contributed by atoms with Crippen molar-refractivity contribution in [2.24, 2.45) is 11.7 Å². The van der Waals surface area contributed by atoms with Crippen LogP contribution in [-0.4, -0.2) is 54.6 Å². The third-order valence-electron chi connectivity index (χ3n) is 5.15. The second kappa shape index (κ2) is 8.35. The molecule has 0 aliphatic carbocycles. The molecule has 1 fully saturated rings. The summed E-state index contributed by atoms with van der Waals surface area (Å²) in [6.07, 6.45) is 6.28. The molecule has 1 aliphatic heterocycles. The summed E-state index contributed by atoms with van der Waals surface area (Å²) in [5.74, 6) is 0.754. The first kappa shape index (κ1) is 17.9. The van der Waals surface area contributed by atoms with Gasteiger partial charge in [0.1, 0.15) is 0 Å². The predicted octanol–water partition coefficient (Wildman–Crippen LogP) is 2.95. The fourth-order valence-corrected chi connectivity index (χ4v) is 3.78. The van der Waals surface area contributed by atoms with E-state index in [4.69, 9.17) is 5.73 Å². The Morgan fingerprint density at radius 3 is 2.45 bits per heavy atom. The fourth-order valence-electron chi connectivity index (χ4n) is 3.78. The van der Waals surface area contributed by atoms with Gasteiger partial charge >= 0.3 is 0 Å². The van der Waals surface area contributed by atoms with Gasteiger partial charge in [0.15, 0.2) is 0 Å². The van der Waals surface area contributed by atoms with E-state index in [1.54, 1.807) is 0 Å². The highest BCUT2D eigenvalue weighted by Gasteiger charge is 2.37. The number of rotatable bonds is 7. The van der Waals surface area contributed by atoms with E-state index in [1.807, 2.05) is 0 Å². The van der Waals surface area contributed by atoms with Gasteiger partial charge in [-0.2, -0.15) is 0 Å². The molecule has 0 aromatic carbocycles. The van der Waals surface area contributed by atoms with Crippen molar-refractivity contribution >= 4 is 0 Å².